The highest BCUT2D eigenvalue weighted by Crippen LogP contribution is 2.36. The number of halogens is 3. The molecule has 0 atom stereocenters. The number of hydrogen-bond donors (Lipinski definition) is 1. The number of carbonyl (C=O) groups excluding carboxylic acids is 1. The van der Waals surface area contributed by atoms with E-state index in [0.29, 0.717) is 26.2 Å². The standard InChI is InChI=1S/C22H24F3N5OS/c1-13-14(2)32-21-19(13)20(26-15(3)27-21)30-10-8-29(9-11-30)12-18(31)28-17-7-5-4-6-16(17)22(23,24)25/h4-7H,8-12H2,1-3H3,(H,28,31). The minimum Gasteiger partial charge on any atom is -0.353 e. The Balaban J connectivity index is 1.41. The molecule has 1 N–H and O–H groups in total. The van der Waals surface area contributed by atoms with Gasteiger partial charge in [-0.15, -0.1) is 11.3 Å². The van der Waals surface area contributed by atoms with Crippen molar-refractivity contribution in [2.45, 2.75) is 26.9 Å². The first-order valence-corrected chi connectivity index (χ1v) is 11.1. The summed E-state index contributed by atoms with van der Waals surface area (Å²) in [5, 5.41) is 3.49. The number of piperazine rings is 1. The first-order chi connectivity index (χ1) is 15.1. The van der Waals surface area contributed by atoms with Crippen LogP contribution in [-0.4, -0.2) is 53.5 Å². The van der Waals surface area contributed by atoms with Gasteiger partial charge >= 0.3 is 6.18 Å². The lowest BCUT2D eigenvalue weighted by molar-refractivity contribution is -0.137. The number of alkyl halides is 3. The van der Waals surface area contributed by atoms with Crippen LogP contribution in [0.4, 0.5) is 24.7 Å². The van der Waals surface area contributed by atoms with Crippen molar-refractivity contribution < 1.29 is 18.0 Å². The van der Waals surface area contributed by atoms with Crippen LogP contribution in [-0.2, 0) is 11.0 Å². The van der Waals surface area contributed by atoms with E-state index in [0.717, 1.165) is 27.9 Å². The van der Waals surface area contributed by atoms with E-state index in [4.69, 9.17) is 4.98 Å². The lowest BCUT2D eigenvalue weighted by Crippen LogP contribution is -2.49. The minimum absolute atomic E-state index is 0.0365. The van der Waals surface area contributed by atoms with Gasteiger partial charge in [-0.05, 0) is 38.5 Å². The average Bonchev–Trinajstić information content (AvgIpc) is 3.01. The van der Waals surface area contributed by atoms with Gasteiger partial charge in [0.1, 0.15) is 16.5 Å². The maximum Gasteiger partial charge on any atom is 0.418 e. The fourth-order valence-electron chi connectivity index (χ4n) is 3.91. The summed E-state index contributed by atoms with van der Waals surface area (Å²) in [7, 11) is 0. The van der Waals surface area contributed by atoms with Crippen molar-refractivity contribution in [2.24, 2.45) is 0 Å². The van der Waals surface area contributed by atoms with E-state index >= 15 is 0 Å². The van der Waals surface area contributed by atoms with Gasteiger partial charge in [-0.3, -0.25) is 9.69 Å². The van der Waals surface area contributed by atoms with Crippen LogP contribution in [0.15, 0.2) is 24.3 Å². The number of anilines is 2. The molecule has 3 heterocycles. The molecule has 32 heavy (non-hydrogen) atoms. The third kappa shape index (κ3) is 4.56. The zero-order valence-corrected chi connectivity index (χ0v) is 18.9. The number of aromatic nitrogens is 2. The molecule has 0 radical (unpaired) electrons. The van der Waals surface area contributed by atoms with E-state index in [-0.39, 0.29) is 12.2 Å². The summed E-state index contributed by atoms with van der Waals surface area (Å²) in [6.07, 6.45) is -4.52. The first-order valence-electron chi connectivity index (χ1n) is 10.3. The number of rotatable bonds is 4. The van der Waals surface area contributed by atoms with E-state index in [1.807, 2.05) is 11.8 Å². The Morgan fingerprint density at radius 2 is 1.78 bits per heavy atom. The van der Waals surface area contributed by atoms with Gasteiger partial charge in [0.05, 0.1) is 23.2 Å². The molecule has 0 saturated carbocycles. The highest BCUT2D eigenvalue weighted by Gasteiger charge is 2.33. The molecular formula is C22H24F3N5OS. The number of thiophene rings is 1. The van der Waals surface area contributed by atoms with Gasteiger partial charge in [-0.25, -0.2) is 9.97 Å². The Hall–Kier alpha value is -2.72. The number of hydrogen-bond acceptors (Lipinski definition) is 6. The molecule has 1 aliphatic heterocycles. The molecular weight excluding hydrogens is 439 g/mol. The molecule has 2 aromatic heterocycles. The number of nitrogens with one attached hydrogen (secondary N) is 1. The second-order valence-corrected chi connectivity index (χ2v) is 9.12. The Morgan fingerprint density at radius 1 is 1.09 bits per heavy atom. The Labute approximate surface area is 188 Å². The predicted molar refractivity (Wildman–Crippen MR) is 120 cm³/mol. The first kappa shape index (κ1) is 22.5. The Bertz CT molecular complexity index is 1150. The monoisotopic (exact) mass is 463 g/mol. The summed E-state index contributed by atoms with van der Waals surface area (Å²) in [5.74, 6) is 1.18. The molecule has 1 amide bonds. The second kappa shape index (κ2) is 8.67. The van der Waals surface area contributed by atoms with Crippen LogP contribution < -0.4 is 10.2 Å². The maximum atomic E-state index is 13.2. The molecule has 0 bridgehead atoms. The number of aryl methyl sites for hydroxylation is 3. The molecule has 4 rings (SSSR count). The summed E-state index contributed by atoms with van der Waals surface area (Å²) in [6, 6.07) is 5.02. The molecule has 1 aromatic carbocycles. The van der Waals surface area contributed by atoms with Gasteiger partial charge in [-0.1, -0.05) is 12.1 Å². The number of benzene rings is 1. The van der Waals surface area contributed by atoms with Gasteiger partial charge in [0.25, 0.3) is 0 Å². The largest absolute Gasteiger partial charge is 0.418 e. The molecule has 0 unspecified atom stereocenters. The van der Waals surface area contributed by atoms with Crippen molar-refractivity contribution in [3.05, 3.63) is 46.1 Å². The summed E-state index contributed by atoms with van der Waals surface area (Å²) < 4.78 is 39.5. The normalized spacial score (nSPS) is 15.4. The molecule has 170 valence electrons. The van der Waals surface area contributed by atoms with Crippen molar-refractivity contribution >= 4 is 39.0 Å². The van der Waals surface area contributed by atoms with E-state index in [1.54, 1.807) is 11.3 Å². The SMILES string of the molecule is Cc1nc(N2CCN(CC(=O)Nc3ccccc3C(F)(F)F)CC2)c2c(C)c(C)sc2n1. The van der Waals surface area contributed by atoms with Crippen molar-refractivity contribution in [3.8, 4) is 0 Å². The predicted octanol–water partition coefficient (Wildman–Crippen LogP) is 4.40. The molecule has 0 spiro atoms. The van der Waals surface area contributed by atoms with Gasteiger partial charge in [-0.2, -0.15) is 13.2 Å². The third-order valence-electron chi connectivity index (χ3n) is 5.67. The topological polar surface area (TPSA) is 61.4 Å². The second-order valence-electron chi connectivity index (χ2n) is 7.91. The number of para-hydroxylation sites is 1. The molecule has 6 nitrogen and oxygen atoms in total. The van der Waals surface area contributed by atoms with E-state index in [1.165, 1.54) is 28.6 Å². The zero-order valence-electron chi connectivity index (χ0n) is 18.1. The minimum atomic E-state index is -4.52. The van der Waals surface area contributed by atoms with Crippen LogP contribution in [0.3, 0.4) is 0 Å². The van der Waals surface area contributed by atoms with Crippen LogP contribution in [0.5, 0.6) is 0 Å². The molecule has 0 aliphatic carbocycles. The number of carbonyl (C=O) groups is 1. The van der Waals surface area contributed by atoms with Gasteiger partial charge in [0.15, 0.2) is 0 Å². The molecule has 10 heteroatoms. The van der Waals surface area contributed by atoms with Crippen LogP contribution in [0.1, 0.15) is 21.8 Å². The summed E-state index contributed by atoms with van der Waals surface area (Å²) in [4.78, 5) is 28.0. The average molecular weight is 464 g/mol. The van der Waals surface area contributed by atoms with Crippen LogP contribution in [0.2, 0.25) is 0 Å². The van der Waals surface area contributed by atoms with Crippen molar-refractivity contribution in [1.29, 1.82) is 0 Å². The lowest BCUT2D eigenvalue weighted by Gasteiger charge is -2.35. The third-order valence-corrected chi connectivity index (χ3v) is 6.77. The molecule has 3 aromatic rings. The maximum absolute atomic E-state index is 13.2. The Kier molecular flexibility index (Phi) is 6.09. The fourth-order valence-corrected chi connectivity index (χ4v) is 4.98. The summed E-state index contributed by atoms with van der Waals surface area (Å²) >= 11 is 1.66. The van der Waals surface area contributed by atoms with E-state index in [9.17, 15) is 18.0 Å². The van der Waals surface area contributed by atoms with Gasteiger partial charge in [0, 0.05) is 31.1 Å². The van der Waals surface area contributed by atoms with Crippen LogP contribution >= 0.6 is 11.3 Å². The number of nitrogens with zero attached hydrogens (tertiary/aromatic N) is 4. The lowest BCUT2D eigenvalue weighted by atomic mass is 10.1. The molecule has 1 fully saturated rings. The highest BCUT2D eigenvalue weighted by atomic mass is 32.1. The summed E-state index contributed by atoms with van der Waals surface area (Å²) in [6.45, 7) is 8.65. The Morgan fingerprint density at radius 3 is 2.47 bits per heavy atom. The molecule has 1 saturated heterocycles. The van der Waals surface area contributed by atoms with Gasteiger partial charge < -0.3 is 10.2 Å². The highest BCUT2D eigenvalue weighted by molar-refractivity contribution is 7.18. The quantitative estimate of drug-likeness (QED) is 0.622. The fraction of sp³-hybridized carbons (Fsp3) is 0.409. The van der Waals surface area contributed by atoms with E-state index < -0.39 is 17.6 Å². The van der Waals surface area contributed by atoms with E-state index in [2.05, 4.69) is 29.0 Å². The number of fused-ring (bicyclic) bond motifs is 1. The smallest absolute Gasteiger partial charge is 0.353 e. The van der Waals surface area contributed by atoms with Crippen molar-refractivity contribution in [3.63, 3.8) is 0 Å². The molecule has 1 aliphatic rings. The van der Waals surface area contributed by atoms with Gasteiger partial charge in [0.2, 0.25) is 5.91 Å². The van der Waals surface area contributed by atoms with Crippen LogP contribution in [0.25, 0.3) is 10.2 Å². The summed E-state index contributed by atoms with van der Waals surface area (Å²) in [5.41, 5.74) is 0.124. The van der Waals surface area contributed by atoms with Crippen molar-refractivity contribution in [2.75, 3.05) is 42.9 Å². The van der Waals surface area contributed by atoms with Crippen molar-refractivity contribution in [1.82, 2.24) is 14.9 Å². The van der Waals surface area contributed by atoms with Crippen LogP contribution in [0, 0.1) is 20.8 Å². The zero-order chi connectivity index (χ0) is 23.0. The number of amides is 1.